The van der Waals surface area contributed by atoms with Gasteiger partial charge in [-0.15, -0.1) is 5.10 Å². The van der Waals surface area contributed by atoms with Crippen molar-refractivity contribution in [3.63, 3.8) is 0 Å². The van der Waals surface area contributed by atoms with Crippen molar-refractivity contribution in [3.05, 3.63) is 138 Å². The van der Waals surface area contributed by atoms with Gasteiger partial charge in [0.05, 0.1) is 51.5 Å². The van der Waals surface area contributed by atoms with E-state index < -0.39 is 26.7 Å². The van der Waals surface area contributed by atoms with Gasteiger partial charge in [-0.05, 0) is 92.8 Å². The van der Waals surface area contributed by atoms with Gasteiger partial charge in [0, 0.05) is 24.8 Å². The molecule has 0 fully saturated rings. The van der Waals surface area contributed by atoms with E-state index in [0.717, 1.165) is 10.4 Å². The minimum Gasteiger partial charge on any atom is -0.497 e. The van der Waals surface area contributed by atoms with Crippen LogP contribution in [0.2, 0.25) is 0 Å². The summed E-state index contributed by atoms with van der Waals surface area (Å²) in [5, 5.41) is 12.2. The van der Waals surface area contributed by atoms with Crippen LogP contribution < -0.4 is 14.2 Å². The van der Waals surface area contributed by atoms with Gasteiger partial charge >= 0.3 is 6.18 Å². The Balaban J connectivity index is 1.48. The van der Waals surface area contributed by atoms with Crippen molar-refractivity contribution < 1.29 is 35.8 Å². The van der Waals surface area contributed by atoms with Crippen molar-refractivity contribution in [1.82, 2.24) is 33.9 Å². The molecule has 7 aromatic rings. The SMILES string of the molecule is COc1ccc(CN(Cc2ccc(OC)cc2)S(=O)(=O)c2c(C(F)(F)F)ccc(-c3ccn4cncc4c3)c2-c2nnnn2Cc2ccc(OC)cc2)cc1. The van der Waals surface area contributed by atoms with Crippen LogP contribution in [0, 0.1) is 0 Å². The molecule has 0 atom stereocenters. The van der Waals surface area contributed by atoms with E-state index in [1.165, 1.54) is 32.1 Å². The van der Waals surface area contributed by atoms with E-state index in [4.69, 9.17) is 14.2 Å². The molecule has 282 valence electrons. The van der Waals surface area contributed by atoms with Gasteiger partial charge in [-0.25, -0.2) is 18.1 Å². The summed E-state index contributed by atoms with van der Waals surface area (Å²) in [6, 6.07) is 25.6. The largest absolute Gasteiger partial charge is 0.497 e. The molecule has 3 aromatic heterocycles. The average Bonchev–Trinajstić information content (AvgIpc) is 3.87. The lowest BCUT2D eigenvalue weighted by molar-refractivity contribution is -0.139. The first-order valence-electron chi connectivity index (χ1n) is 16.8. The number of hydrogen-bond donors (Lipinski definition) is 0. The van der Waals surface area contributed by atoms with E-state index in [0.29, 0.717) is 45.0 Å². The van der Waals surface area contributed by atoms with Crippen LogP contribution >= 0.6 is 0 Å². The fraction of sp³-hybridized carbons (Fsp3) is 0.179. The Kier molecular flexibility index (Phi) is 10.3. The van der Waals surface area contributed by atoms with Crippen molar-refractivity contribution in [2.45, 2.75) is 30.7 Å². The second kappa shape index (κ2) is 15.2. The third kappa shape index (κ3) is 7.72. The highest BCUT2D eigenvalue weighted by Gasteiger charge is 2.43. The fourth-order valence-electron chi connectivity index (χ4n) is 6.24. The summed E-state index contributed by atoms with van der Waals surface area (Å²) in [5.74, 6) is 1.47. The molecule has 0 spiro atoms. The maximum absolute atomic E-state index is 15.3. The lowest BCUT2D eigenvalue weighted by Gasteiger charge is -2.27. The second-order valence-electron chi connectivity index (χ2n) is 12.5. The highest BCUT2D eigenvalue weighted by molar-refractivity contribution is 7.89. The second-order valence-corrected chi connectivity index (χ2v) is 14.4. The lowest BCUT2D eigenvalue weighted by Crippen LogP contribution is -2.32. The van der Waals surface area contributed by atoms with Crippen LogP contribution in [0.3, 0.4) is 0 Å². The smallest absolute Gasteiger partial charge is 0.417 e. The number of hydrogen-bond acceptors (Lipinski definition) is 9. The molecule has 0 aliphatic rings. The average molecular weight is 770 g/mol. The first kappa shape index (κ1) is 37.1. The van der Waals surface area contributed by atoms with Gasteiger partial charge in [-0.2, -0.15) is 17.5 Å². The number of ether oxygens (including phenoxy) is 3. The van der Waals surface area contributed by atoms with Crippen molar-refractivity contribution in [3.8, 4) is 39.8 Å². The maximum atomic E-state index is 15.3. The zero-order valence-electron chi connectivity index (χ0n) is 29.8. The van der Waals surface area contributed by atoms with Gasteiger partial charge in [0.15, 0.2) is 5.82 Å². The molecule has 16 heteroatoms. The number of fused-ring (bicyclic) bond motifs is 1. The van der Waals surface area contributed by atoms with Crippen molar-refractivity contribution in [2.75, 3.05) is 21.3 Å². The first-order chi connectivity index (χ1) is 26.5. The van der Waals surface area contributed by atoms with Gasteiger partial charge in [-0.3, -0.25) is 0 Å². The number of methoxy groups -OCH3 is 3. The van der Waals surface area contributed by atoms with E-state index in [1.54, 1.807) is 108 Å². The topological polar surface area (TPSA) is 126 Å². The molecule has 0 amide bonds. The number of pyridine rings is 1. The van der Waals surface area contributed by atoms with Crippen LogP contribution in [0.5, 0.6) is 17.2 Å². The summed E-state index contributed by atoms with van der Waals surface area (Å²) in [6.07, 6.45) is -0.253. The third-order valence-corrected chi connectivity index (χ3v) is 10.9. The third-order valence-electron chi connectivity index (χ3n) is 9.07. The van der Waals surface area contributed by atoms with Crippen LogP contribution in [-0.2, 0) is 35.8 Å². The number of alkyl halides is 3. The molecular formula is C39H34F3N7O5S. The summed E-state index contributed by atoms with van der Waals surface area (Å²) in [4.78, 5) is 3.17. The Morgan fingerprint density at radius 3 is 1.85 bits per heavy atom. The summed E-state index contributed by atoms with van der Waals surface area (Å²) < 4.78 is 96.5. The fourth-order valence-corrected chi connectivity index (χ4v) is 8.06. The first-order valence-corrected chi connectivity index (χ1v) is 18.2. The van der Waals surface area contributed by atoms with Gasteiger partial charge in [0.25, 0.3) is 0 Å². The quantitative estimate of drug-likeness (QED) is 0.120. The van der Waals surface area contributed by atoms with Gasteiger partial charge in [0.2, 0.25) is 10.0 Å². The van der Waals surface area contributed by atoms with Crippen molar-refractivity contribution in [2.24, 2.45) is 0 Å². The van der Waals surface area contributed by atoms with E-state index in [2.05, 4.69) is 20.5 Å². The summed E-state index contributed by atoms with van der Waals surface area (Å²) >= 11 is 0. The normalized spacial score (nSPS) is 12.0. The number of benzene rings is 4. The van der Waals surface area contributed by atoms with Crippen molar-refractivity contribution >= 4 is 15.5 Å². The minimum absolute atomic E-state index is 0.00453. The van der Waals surface area contributed by atoms with E-state index in [-0.39, 0.29) is 36.6 Å². The highest BCUT2D eigenvalue weighted by atomic mass is 32.2. The Morgan fingerprint density at radius 2 is 1.31 bits per heavy atom. The summed E-state index contributed by atoms with van der Waals surface area (Å²) in [7, 11) is -0.534. The molecule has 0 aliphatic carbocycles. The van der Waals surface area contributed by atoms with Gasteiger partial charge in [0.1, 0.15) is 22.1 Å². The van der Waals surface area contributed by atoms with Crippen LogP contribution in [0.25, 0.3) is 28.0 Å². The van der Waals surface area contributed by atoms with Crippen LogP contribution in [-0.4, -0.2) is 63.6 Å². The minimum atomic E-state index is -5.11. The Hall–Kier alpha value is -6.26. The molecule has 0 bridgehead atoms. The van der Waals surface area contributed by atoms with Crippen LogP contribution in [0.15, 0.2) is 121 Å². The predicted molar refractivity (Wildman–Crippen MR) is 197 cm³/mol. The number of nitrogens with zero attached hydrogens (tertiary/aromatic N) is 7. The molecule has 3 heterocycles. The molecule has 0 aliphatic heterocycles. The predicted octanol–water partition coefficient (Wildman–Crippen LogP) is 7.14. The van der Waals surface area contributed by atoms with Gasteiger partial charge in [-0.1, -0.05) is 42.5 Å². The number of sulfonamides is 1. The number of halogens is 3. The van der Waals surface area contributed by atoms with Crippen molar-refractivity contribution in [1.29, 1.82) is 0 Å². The lowest BCUT2D eigenvalue weighted by atomic mass is 9.96. The summed E-state index contributed by atoms with van der Waals surface area (Å²) in [6.45, 7) is -0.555. The van der Waals surface area contributed by atoms with Crippen LogP contribution in [0.4, 0.5) is 13.2 Å². The molecule has 0 radical (unpaired) electrons. The molecule has 4 aromatic carbocycles. The zero-order chi connectivity index (χ0) is 38.7. The summed E-state index contributed by atoms with van der Waals surface area (Å²) in [5.41, 5.74) is 1.25. The Bertz CT molecular complexity index is 2490. The molecule has 0 saturated carbocycles. The highest BCUT2D eigenvalue weighted by Crippen LogP contribution is 2.45. The molecule has 0 N–H and O–H groups in total. The maximum Gasteiger partial charge on any atom is 0.417 e. The van der Waals surface area contributed by atoms with Gasteiger partial charge < -0.3 is 18.6 Å². The molecular weight excluding hydrogens is 736 g/mol. The molecule has 12 nitrogen and oxygen atoms in total. The standard InChI is InChI=1S/C39H34F3N7O5S/c1-52-31-10-4-26(5-11-31)22-48(23-27-6-12-32(53-2)13-7-27)55(50,51)37-35(39(40,41)42)17-16-34(29-18-19-47-25-43-21-30(47)20-29)36(37)38-44-45-46-49(38)24-28-8-14-33(54-3)15-9-28/h4-21,25H,22-24H2,1-3H3. The van der Waals surface area contributed by atoms with E-state index in [9.17, 15) is 0 Å². The molecule has 55 heavy (non-hydrogen) atoms. The van der Waals surface area contributed by atoms with E-state index >= 15 is 21.6 Å². The Labute approximate surface area is 314 Å². The number of imidazole rings is 1. The number of rotatable bonds is 13. The molecule has 0 saturated heterocycles. The van der Waals surface area contributed by atoms with Crippen LogP contribution in [0.1, 0.15) is 22.3 Å². The Morgan fingerprint density at radius 1 is 0.745 bits per heavy atom. The zero-order valence-corrected chi connectivity index (χ0v) is 30.6. The van der Waals surface area contributed by atoms with E-state index in [1.807, 2.05) is 0 Å². The molecule has 0 unspecified atom stereocenters. The monoisotopic (exact) mass is 769 g/mol. The molecule has 7 rings (SSSR count). The number of aromatic nitrogens is 6. The number of tetrazole rings is 1.